The average Bonchev–Trinajstić information content (AvgIpc) is 2.83. The highest BCUT2D eigenvalue weighted by molar-refractivity contribution is 7.89. The van der Waals surface area contributed by atoms with Crippen molar-refractivity contribution < 1.29 is 8.42 Å². The van der Waals surface area contributed by atoms with Crippen molar-refractivity contribution in [2.75, 3.05) is 24.2 Å². The summed E-state index contributed by atoms with van der Waals surface area (Å²) < 4.78 is 26.9. The first kappa shape index (κ1) is 16.4. The molecule has 0 aliphatic heterocycles. The van der Waals surface area contributed by atoms with E-state index < -0.39 is 10.0 Å². The quantitative estimate of drug-likeness (QED) is 0.724. The van der Waals surface area contributed by atoms with Crippen molar-refractivity contribution in [3.63, 3.8) is 0 Å². The second-order valence-electron chi connectivity index (χ2n) is 4.82. The van der Waals surface area contributed by atoms with Gasteiger partial charge in [0.05, 0.1) is 11.4 Å². The lowest BCUT2D eigenvalue weighted by Gasteiger charge is -2.08. The molecule has 2 rings (SSSR count). The number of anilines is 1. The van der Waals surface area contributed by atoms with Gasteiger partial charge in [-0.15, -0.1) is 0 Å². The van der Waals surface area contributed by atoms with E-state index in [1.54, 1.807) is 17.7 Å². The lowest BCUT2D eigenvalue weighted by Crippen LogP contribution is -2.30. The van der Waals surface area contributed by atoms with E-state index in [1.807, 2.05) is 19.9 Å². The molecule has 0 saturated heterocycles. The molecule has 2 heterocycles. The Morgan fingerprint density at radius 3 is 2.59 bits per heavy atom. The first-order chi connectivity index (χ1) is 10.4. The molecule has 2 aromatic rings. The molecule has 2 N–H and O–H groups in total. The van der Waals surface area contributed by atoms with Crippen molar-refractivity contribution in [1.82, 2.24) is 24.5 Å². The van der Waals surface area contributed by atoms with Gasteiger partial charge < -0.3 is 5.32 Å². The van der Waals surface area contributed by atoms with Gasteiger partial charge in [-0.1, -0.05) is 0 Å². The molecular formula is C13H20N6O2S. The van der Waals surface area contributed by atoms with Gasteiger partial charge in [-0.2, -0.15) is 5.10 Å². The van der Waals surface area contributed by atoms with E-state index in [9.17, 15) is 8.42 Å². The summed E-state index contributed by atoms with van der Waals surface area (Å²) in [6.45, 7) is 6.21. The van der Waals surface area contributed by atoms with Crippen LogP contribution in [0, 0.1) is 13.8 Å². The van der Waals surface area contributed by atoms with Gasteiger partial charge in [0.25, 0.3) is 0 Å². The van der Waals surface area contributed by atoms with Crippen LogP contribution < -0.4 is 10.0 Å². The van der Waals surface area contributed by atoms with Crippen LogP contribution in [0.25, 0.3) is 5.82 Å². The van der Waals surface area contributed by atoms with Gasteiger partial charge in [0.15, 0.2) is 5.82 Å². The maximum absolute atomic E-state index is 11.3. The zero-order valence-corrected chi connectivity index (χ0v) is 13.7. The van der Waals surface area contributed by atoms with E-state index in [4.69, 9.17) is 0 Å². The third kappa shape index (κ3) is 4.25. The fourth-order valence-electron chi connectivity index (χ4n) is 1.92. The van der Waals surface area contributed by atoms with Crippen molar-refractivity contribution in [2.45, 2.75) is 20.8 Å². The van der Waals surface area contributed by atoms with Gasteiger partial charge >= 0.3 is 0 Å². The van der Waals surface area contributed by atoms with E-state index in [-0.39, 0.29) is 5.75 Å². The van der Waals surface area contributed by atoms with Crippen LogP contribution in [0.3, 0.4) is 0 Å². The van der Waals surface area contributed by atoms with Crippen LogP contribution in [0.15, 0.2) is 18.5 Å². The Bertz CT molecular complexity index is 741. The Balaban J connectivity index is 1.99. The number of rotatable bonds is 7. The first-order valence-electron chi connectivity index (χ1n) is 6.98. The largest absolute Gasteiger partial charge is 0.369 e. The van der Waals surface area contributed by atoms with Gasteiger partial charge in [-0.05, 0) is 26.8 Å². The standard InChI is InChI=1S/C13H20N6O2S/c1-4-22(20,21)17-6-5-14-12-8-13(16-9-15-12)19-11(3)7-10(2)18-19/h7-9,17H,4-6H2,1-3H3,(H,14,15,16). The number of hydrogen-bond acceptors (Lipinski definition) is 6. The third-order valence-electron chi connectivity index (χ3n) is 3.01. The number of nitrogens with one attached hydrogen (secondary N) is 2. The second kappa shape index (κ2) is 6.84. The Kier molecular flexibility index (Phi) is 5.09. The number of nitrogens with zero attached hydrogens (tertiary/aromatic N) is 4. The summed E-state index contributed by atoms with van der Waals surface area (Å²) >= 11 is 0. The van der Waals surface area contributed by atoms with Crippen LogP contribution in [-0.2, 0) is 10.0 Å². The molecule has 0 bridgehead atoms. The summed E-state index contributed by atoms with van der Waals surface area (Å²) in [5.41, 5.74) is 1.90. The predicted octanol–water partition coefficient (Wildman–Crippen LogP) is 0.630. The van der Waals surface area contributed by atoms with Gasteiger partial charge in [0.2, 0.25) is 10.0 Å². The normalized spacial score (nSPS) is 11.6. The monoisotopic (exact) mass is 324 g/mol. The Hall–Kier alpha value is -2.00. The lowest BCUT2D eigenvalue weighted by molar-refractivity contribution is 0.584. The molecular weight excluding hydrogens is 304 g/mol. The molecule has 0 radical (unpaired) electrons. The van der Waals surface area contributed by atoms with Crippen molar-refractivity contribution >= 4 is 15.8 Å². The smallest absolute Gasteiger partial charge is 0.211 e. The summed E-state index contributed by atoms with van der Waals surface area (Å²) in [5, 5.41) is 7.43. The first-order valence-corrected chi connectivity index (χ1v) is 8.63. The SMILES string of the molecule is CCS(=O)(=O)NCCNc1cc(-n2nc(C)cc2C)ncn1. The molecule has 8 nitrogen and oxygen atoms in total. The summed E-state index contributed by atoms with van der Waals surface area (Å²) in [5.74, 6) is 1.35. The summed E-state index contributed by atoms with van der Waals surface area (Å²) in [7, 11) is -3.16. The molecule has 0 unspecified atom stereocenters. The lowest BCUT2D eigenvalue weighted by atomic mass is 10.4. The average molecular weight is 324 g/mol. The summed E-state index contributed by atoms with van der Waals surface area (Å²) in [6, 6.07) is 3.74. The molecule has 0 atom stereocenters. The van der Waals surface area contributed by atoms with Crippen LogP contribution in [0.1, 0.15) is 18.3 Å². The molecule has 9 heteroatoms. The van der Waals surface area contributed by atoms with E-state index >= 15 is 0 Å². The minimum Gasteiger partial charge on any atom is -0.369 e. The molecule has 120 valence electrons. The molecule has 0 aliphatic carbocycles. The zero-order valence-electron chi connectivity index (χ0n) is 12.9. The predicted molar refractivity (Wildman–Crippen MR) is 84.6 cm³/mol. The van der Waals surface area contributed by atoms with Crippen LogP contribution in [0.5, 0.6) is 0 Å². The van der Waals surface area contributed by atoms with Crippen LogP contribution in [0.2, 0.25) is 0 Å². The molecule has 0 aromatic carbocycles. The molecule has 22 heavy (non-hydrogen) atoms. The van der Waals surface area contributed by atoms with Crippen molar-refractivity contribution in [1.29, 1.82) is 0 Å². The van der Waals surface area contributed by atoms with E-state index in [0.29, 0.717) is 24.7 Å². The third-order valence-corrected chi connectivity index (χ3v) is 4.42. The fourth-order valence-corrected chi connectivity index (χ4v) is 2.54. The van der Waals surface area contributed by atoms with E-state index in [1.165, 1.54) is 6.33 Å². The Morgan fingerprint density at radius 2 is 1.95 bits per heavy atom. The molecule has 0 amide bonds. The van der Waals surface area contributed by atoms with E-state index in [2.05, 4.69) is 25.1 Å². The van der Waals surface area contributed by atoms with Crippen LogP contribution in [0.4, 0.5) is 5.82 Å². The highest BCUT2D eigenvalue weighted by atomic mass is 32.2. The van der Waals surface area contributed by atoms with Gasteiger partial charge in [-0.3, -0.25) is 0 Å². The minimum absolute atomic E-state index is 0.0720. The van der Waals surface area contributed by atoms with Crippen molar-refractivity contribution in [2.24, 2.45) is 0 Å². The molecule has 2 aromatic heterocycles. The second-order valence-corrected chi connectivity index (χ2v) is 6.92. The maximum Gasteiger partial charge on any atom is 0.211 e. The minimum atomic E-state index is -3.16. The highest BCUT2D eigenvalue weighted by Crippen LogP contribution is 2.11. The van der Waals surface area contributed by atoms with Gasteiger partial charge in [0.1, 0.15) is 12.1 Å². The highest BCUT2D eigenvalue weighted by Gasteiger charge is 2.07. The Labute approximate surface area is 130 Å². The topological polar surface area (TPSA) is 102 Å². The van der Waals surface area contributed by atoms with Crippen molar-refractivity contribution in [3.8, 4) is 5.82 Å². The Morgan fingerprint density at radius 1 is 1.18 bits per heavy atom. The van der Waals surface area contributed by atoms with Gasteiger partial charge in [-0.25, -0.2) is 27.8 Å². The number of sulfonamides is 1. The maximum atomic E-state index is 11.3. The molecule has 0 aliphatic rings. The van der Waals surface area contributed by atoms with Crippen LogP contribution >= 0.6 is 0 Å². The number of aromatic nitrogens is 4. The van der Waals surface area contributed by atoms with Crippen LogP contribution in [-0.4, -0.2) is 47.0 Å². The van der Waals surface area contributed by atoms with Crippen molar-refractivity contribution in [3.05, 3.63) is 29.8 Å². The fraction of sp³-hybridized carbons (Fsp3) is 0.462. The summed E-state index contributed by atoms with van der Waals surface area (Å²) in [6.07, 6.45) is 1.45. The zero-order chi connectivity index (χ0) is 16.2. The molecule has 0 fully saturated rings. The number of aryl methyl sites for hydroxylation is 2. The molecule has 0 saturated carbocycles. The molecule has 0 spiro atoms. The number of hydrogen-bond donors (Lipinski definition) is 2. The van der Waals surface area contributed by atoms with Gasteiger partial charge in [0, 0.05) is 24.8 Å². The summed E-state index contributed by atoms with van der Waals surface area (Å²) in [4.78, 5) is 8.32. The van der Waals surface area contributed by atoms with E-state index in [0.717, 1.165) is 11.4 Å².